The Kier molecular flexibility index (Phi) is 5.99. The molecule has 0 aromatic heterocycles. The highest BCUT2D eigenvalue weighted by Crippen LogP contribution is 2.35. The third kappa shape index (κ3) is 5.19. The van der Waals surface area contributed by atoms with Crippen molar-refractivity contribution in [3.63, 3.8) is 0 Å². The molecular formula is C24H30N2O. The van der Waals surface area contributed by atoms with E-state index < -0.39 is 5.60 Å². The van der Waals surface area contributed by atoms with Gasteiger partial charge in [-0.2, -0.15) is 5.26 Å². The van der Waals surface area contributed by atoms with E-state index in [4.69, 9.17) is 0 Å². The van der Waals surface area contributed by atoms with E-state index in [-0.39, 0.29) is 5.41 Å². The first-order valence-corrected chi connectivity index (χ1v) is 9.90. The van der Waals surface area contributed by atoms with Gasteiger partial charge in [-0.3, -0.25) is 4.90 Å². The zero-order valence-corrected chi connectivity index (χ0v) is 16.5. The minimum atomic E-state index is -0.613. The number of aryl methyl sites for hydroxylation is 1. The van der Waals surface area contributed by atoms with Crippen molar-refractivity contribution in [1.82, 2.24) is 4.90 Å². The van der Waals surface area contributed by atoms with Gasteiger partial charge in [0.2, 0.25) is 0 Å². The molecule has 0 radical (unpaired) electrons. The zero-order chi connectivity index (χ0) is 19.3. The summed E-state index contributed by atoms with van der Waals surface area (Å²) in [7, 11) is 0. The first-order valence-electron chi connectivity index (χ1n) is 9.90. The molecule has 1 fully saturated rings. The number of nitrogens with zero attached hydrogens (tertiary/aromatic N) is 2. The van der Waals surface area contributed by atoms with Crippen LogP contribution in [-0.4, -0.2) is 28.7 Å². The smallest absolute Gasteiger partial charge is 0.0846 e. The average Bonchev–Trinajstić information content (AvgIpc) is 2.68. The molecule has 0 saturated carbocycles. The second-order valence-corrected chi connectivity index (χ2v) is 8.47. The van der Waals surface area contributed by atoms with Gasteiger partial charge in [0, 0.05) is 19.6 Å². The topological polar surface area (TPSA) is 47.3 Å². The Balaban J connectivity index is 1.55. The molecule has 0 bridgehead atoms. The van der Waals surface area contributed by atoms with Crippen molar-refractivity contribution in [3.05, 3.63) is 71.3 Å². The number of nitriles is 1. The summed E-state index contributed by atoms with van der Waals surface area (Å²) in [5.41, 5.74) is 2.79. The fourth-order valence-corrected chi connectivity index (χ4v) is 3.83. The van der Waals surface area contributed by atoms with Crippen LogP contribution in [0.25, 0.3) is 0 Å². The Morgan fingerprint density at radius 3 is 2.15 bits per heavy atom. The molecule has 3 rings (SSSR count). The third-order valence-corrected chi connectivity index (χ3v) is 5.70. The molecule has 3 heteroatoms. The maximum absolute atomic E-state index is 9.87. The van der Waals surface area contributed by atoms with Gasteiger partial charge in [-0.1, -0.05) is 54.6 Å². The van der Waals surface area contributed by atoms with E-state index in [1.54, 1.807) is 0 Å². The quantitative estimate of drug-likeness (QED) is 0.826. The number of benzene rings is 2. The predicted octanol–water partition coefficient (Wildman–Crippen LogP) is 4.45. The Hall–Kier alpha value is -2.15. The molecule has 0 aliphatic carbocycles. The highest BCUT2D eigenvalue weighted by Gasteiger charge is 2.36. The zero-order valence-electron chi connectivity index (χ0n) is 16.5. The van der Waals surface area contributed by atoms with Crippen molar-refractivity contribution in [2.24, 2.45) is 0 Å². The summed E-state index contributed by atoms with van der Waals surface area (Å²) in [5, 5.41) is 19.7. The lowest BCUT2D eigenvalue weighted by molar-refractivity contribution is 0.0714. The molecule has 0 amide bonds. The number of hydrogen-bond acceptors (Lipinski definition) is 3. The summed E-state index contributed by atoms with van der Waals surface area (Å²) in [4.78, 5) is 2.45. The maximum Gasteiger partial charge on any atom is 0.0846 e. The minimum absolute atomic E-state index is 0.335. The van der Waals surface area contributed by atoms with Crippen LogP contribution >= 0.6 is 0 Å². The monoisotopic (exact) mass is 362 g/mol. The van der Waals surface area contributed by atoms with Gasteiger partial charge in [0.1, 0.15) is 0 Å². The predicted molar refractivity (Wildman–Crippen MR) is 109 cm³/mol. The van der Waals surface area contributed by atoms with E-state index in [1.165, 1.54) is 11.1 Å². The molecule has 1 aliphatic heterocycles. The summed E-state index contributed by atoms with van der Waals surface area (Å²) in [5.74, 6) is 0. The number of piperidine rings is 1. The normalized spacial score (nSPS) is 17.4. The van der Waals surface area contributed by atoms with Gasteiger partial charge in [0.05, 0.1) is 17.1 Å². The lowest BCUT2D eigenvalue weighted by Crippen LogP contribution is -2.41. The largest absolute Gasteiger partial charge is 0.390 e. The van der Waals surface area contributed by atoms with E-state index in [9.17, 15) is 10.4 Å². The summed E-state index contributed by atoms with van der Waals surface area (Å²) >= 11 is 0. The molecule has 0 spiro atoms. The third-order valence-electron chi connectivity index (χ3n) is 5.70. The first-order chi connectivity index (χ1) is 12.9. The fourth-order valence-electron chi connectivity index (χ4n) is 3.83. The van der Waals surface area contributed by atoms with E-state index in [0.29, 0.717) is 0 Å². The van der Waals surface area contributed by atoms with Gasteiger partial charge >= 0.3 is 0 Å². The molecule has 1 heterocycles. The molecule has 142 valence electrons. The molecule has 2 aromatic carbocycles. The molecule has 0 atom stereocenters. The number of hydrogen-bond donors (Lipinski definition) is 1. The molecule has 2 aromatic rings. The van der Waals surface area contributed by atoms with Crippen LogP contribution in [0.1, 0.15) is 49.8 Å². The average molecular weight is 363 g/mol. The lowest BCUT2D eigenvalue weighted by atomic mass is 9.74. The van der Waals surface area contributed by atoms with E-state index in [1.807, 2.05) is 32.0 Å². The summed E-state index contributed by atoms with van der Waals surface area (Å²) in [6.07, 6.45) is 3.44. The van der Waals surface area contributed by atoms with E-state index >= 15 is 0 Å². The van der Waals surface area contributed by atoms with Gasteiger partial charge in [-0.05, 0) is 56.2 Å². The van der Waals surface area contributed by atoms with Crippen molar-refractivity contribution in [2.75, 3.05) is 13.1 Å². The number of aliphatic hydroxyl groups is 1. The van der Waals surface area contributed by atoms with Gasteiger partial charge in [0.15, 0.2) is 0 Å². The Morgan fingerprint density at radius 1 is 1.00 bits per heavy atom. The van der Waals surface area contributed by atoms with E-state index in [0.717, 1.165) is 50.9 Å². The highest BCUT2D eigenvalue weighted by atomic mass is 16.3. The molecule has 1 N–H and O–H groups in total. The molecule has 1 saturated heterocycles. The Labute approximate surface area is 163 Å². The standard InChI is InChI=1S/C24H30N2O/c1-23(2,27)13-12-20-8-10-21(11-9-20)18-26-16-14-24(19-25,15-17-26)22-6-4-3-5-7-22/h3-11,27H,12-18H2,1-2H3. The van der Waals surface area contributed by atoms with Crippen LogP contribution in [0.3, 0.4) is 0 Å². The molecular weight excluding hydrogens is 332 g/mol. The van der Waals surface area contributed by atoms with Crippen LogP contribution in [-0.2, 0) is 18.4 Å². The van der Waals surface area contributed by atoms with Gasteiger partial charge in [-0.25, -0.2) is 0 Å². The summed E-state index contributed by atoms with van der Waals surface area (Å²) < 4.78 is 0. The maximum atomic E-state index is 9.87. The highest BCUT2D eigenvalue weighted by molar-refractivity contribution is 5.33. The lowest BCUT2D eigenvalue weighted by Gasteiger charge is -2.37. The second kappa shape index (κ2) is 8.25. The van der Waals surface area contributed by atoms with Crippen molar-refractivity contribution in [1.29, 1.82) is 5.26 Å². The fraction of sp³-hybridized carbons (Fsp3) is 0.458. The van der Waals surface area contributed by atoms with Gasteiger partial charge < -0.3 is 5.11 Å². The van der Waals surface area contributed by atoms with Crippen LogP contribution in [0.15, 0.2) is 54.6 Å². The van der Waals surface area contributed by atoms with Crippen molar-refractivity contribution in [3.8, 4) is 6.07 Å². The van der Waals surface area contributed by atoms with Gasteiger partial charge in [-0.15, -0.1) is 0 Å². The molecule has 0 unspecified atom stereocenters. The van der Waals surface area contributed by atoms with Gasteiger partial charge in [0.25, 0.3) is 0 Å². The van der Waals surface area contributed by atoms with Crippen LogP contribution < -0.4 is 0 Å². The first kappa shape index (κ1) is 19.6. The number of rotatable bonds is 6. The SMILES string of the molecule is CC(C)(O)CCc1ccc(CN2CCC(C#N)(c3ccccc3)CC2)cc1. The van der Waals surface area contributed by atoms with Crippen LogP contribution in [0.2, 0.25) is 0 Å². The Morgan fingerprint density at radius 2 is 1.59 bits per heavy atom. The Bertz CT molecular complexity index is 761. The minimum Gasteiger partial charge on any atom is -0.390 e. The second-order valence-electron chi connectivity index (χ2n) is 8.47. The molecule has 3 nitrogen and oxygen atoms in total. The van der Waals surface area contributed by atoms with Crippen molar-refractivity contribution >= 4 is 0 Å². The van der Waals surface area contributed by atoms with Crippen LogP contribution in [0.4, 0.5) is 0 Å². The summed E-state index contributed by atoms with van der Waals surface area (Å²) in [6, 6.07) is 21.6. The molecule has 27 heavy (non-hydrogen) atoms. The molecule has 1 aliphatic rings. The van der Waals surface area contributed by atoms with E-state index in [2.05, 4.69) is 47.4 Å². The van der Waals surface area contributed by atoms with Crippen molar-refractivity contribution in [2.45, 2.75) is 57.1 Å². The van der Waals surface area contributed by atoms with Crippen molar-refractivity contribution < 1.29 is 5.11 Å². The van der Waals surface area contributed by atoms with Crippen LogP contribution in [0, 0.1) is 11.3 Å². The van der Waals surface area contributed by atoms with Crippen LogP contribution in [0.5, 0.6) is 0 Å². The number of likely N-dealkylation sites (tertiary alicyclic amines) is 1. The summed E-state index contributed by atoms with van der Waals surface area (Å²) in [6.45, 7) is 6.54.